The van der Waals surface area contributed by atoms with Crippen LogP contribution >= 0.6 is 11.8 Å². The molecule has 0 bridgehead atoms. The SMILES string of the molecule is Fc1cccc(F)c1N(c1ccccc1)c1cc2c3c(c1)N(c1c(F)cccc1F)c1ccccc1B3c1cc3c(c(C(F)(F)F)c1N2c1ccc(C(F)(F)F)cc1)Sc1cc(N(c2ccc(-c4ccccc4)cc2)c2ccc(-c4ccccc4)cc2)cc2c1B3c1ccccc1N2c1c(F)cccc1F. The molecule has 0 radical (unpaired) electrons. The average molecular weight is 1430 g/mol. The molecule has 4 aliphatic heterocycles. The lowest BCUT2D eigenvalue weighted by molar-refractivity contribution is -0.139. The van der Waals surface area contributed by atoms with Gasteiger partial charge in [-0.3, -0.25) is 0 Å². The summed E-state index contributed by atoms with van der Waals surface area (Å²) < 4.78 is 202. The van der Waals surface area contributed by atoms with Crippen molar-refractivity contribution in [1.29, 1.82) is 0 Å². The lowest BCUT2D eigenvalue weighted by Gasteiger charge is -2.47. The zero-order valence-corrected chi connectivity index (χ0v) is 55.9. The molecule has 0 unspecified atom stereocenters. The van der Waals surface area contributed by atoms with Gasteiger partial charge in [0, 0.05) is 66.7 Å². The van der Waals surface area contributed by atoms with Crippen molar-refractivity contribution in [3.05, 3.63) is 343 Å². The van der Waals surface area contributed by atoms with Crippen LogP contribution in [-0.2, 0) is 12.4 Å². The van der Waals surface area contributed by atoms with Crippen LogP contribution in [0.3, 0.4) is 0 Å². The number of anilines is 15. The summed E-state index contributed by atoms with van der Waals surface area (Å²) in [6.07, 6.45) is -10.3. The Labute approximate surface area is 604 Å². The topological polar surface area (TPSA) is 16.2 Å². The number of fused-ring (bicyclic) bond motifs is 8. The Hall–Kier alpha value is -12.3. The summed E-state index contributed by atoms with van der Waals surface area (Å²) in [5, 5.41) is 0. The zero-order chi connectivity index (χ0) is 72.6. The first-order valence-electron chi connectivity index (χ1n) is 33.7. The fourth-order valence-electron chi connectivity index (χ4n) is 15.7. The van der Waals surface area contributed by atoms with Gasteiger partial charge in [-0.05, 0) is 183 Å². The fourth-order valence-corrected chi connectivity index (χ4v) is 17.1. The number of halogens is 12. The summed E-state index contributed by atoms with van der Waals surface area (Å²) >= 11 is 0.761. The van der Waals surface area contributed by atoms with Crippen LogP contribution in [0.2, 0.25) is 0 Å². The normalized spacial score (nSPS) is 13.2. The highest BCUT2D eigenvalue weighted by atomic mass is 32.2. The Bertz CT molecular complexity index is 5710. The Balaban J connectivity index is 0.954. The van der Waals surface area contributed by atoms with Gasteiger partial charge in [0.2, 0.25) is 6.71 Å². The third kappa shape index (κ3) is 10.7. The van der Waals surface area contributed by atoms with Crippen molar-refractivity contribution < 1.29 is 52.7 Å². The highest BCUT2D eigenvalue weighted by Gasteiger charge is 2.53. The van der Waals surface area contributed by atoms with E-state index in [0.717, 1.165) is 107 Å². The summed E-state index contributed by atoms with van der Waals surface area (Å²) in [6.45, 7) is -2.54. The van der Waals surface area contributed by atoms with Crippen LogP contribution in [0.25, 0.3) is 22.3 Å². The van der Waals surface area contributed by atoms with Gasteiger partial charge in [-0.2, -0.15) is 26.3 Å². The number of rotatable bonds is 11. The van der Waals surface area contributed by atoms with Gasteiger partial charge < -0.3 is 24.5 Å². The van der Waals surface area contributed by atoms with E-state index < -0.39 is 94.6 Å². The molecule has 0 saturated carbocycles. The Morgan fingerprint density at radius 2 is 0.698 bits per heavy atom. The summed E-state index contributed by atoms with van der Waals surface area (Å²) in [5.74, 6) is -6.19. The van der Waals surface area contributed by atoms with Crippen LogP contribution in [0.15, 0.2) is 307 Å². The molecule has 0 aromatic heterocycles. The highest BCUT2D eigenvalue weighted by molar-refractivity contribution is 8.00. The Kier molecular flexibility index (Phi) is 15.7. The summed E-state index contributed by atoms with van der Waals surface area (Å²) in [5.41, 5.74) is 1.55. The van der Waals surface area contributed by atoms with E-state index in [9.17, 15) is 13.2 Å². The van der Waals surface area contributed by atoms with Crippen LogP contribution in [-0.4, -0.2) is 13.4 Å². The largest absolute Gasteiger partial charge is 0.419 e. The molecule has 0 N–H and O–H groups in total. The minimum absolute atomic E-state index is 0.0556. The maximum atomic E-state index is 18.2. The zero-order valence-electron chi connectivity index (χ0n) is 55.1. The van der Waals surface area contributed by atoms with Crippen molar-refractivity contribution in [2.24, 2.45) is 0 Å². The van der Waals surface area contributed by atoms with Crippen LogP contribution in [0.4, 0.5) is 138 Å². The van der Waals surface area contributed by atoms with Gasteiger partial charge >= 0.3 is 12.4 Å². The predicted molar refractivity (Wildman–Crippen MR) is 400 cm³/mol. The number of nitrogens with zero attached hydrogens (tertiary/aromatic N) is 5. The molecule has 0 saturated heterocycles. The van der Waals surface area contributed by atoms with E-state index in [-0.39, 0.29) is 77.1 Å². The monoisotopic (exact) mass is 1430 g/mol. The molecule has 14 aromatic carbocycles. The second-order valence-corrected chi connectivity index (χ2v) is 27.1. The van der Waals surface area contributed by atoms with Gasteiger partial charge in [0.25, 0.3) is 6.71 Å². The lowest BCUT2D eigenvalue weighted by atomic mass is 9.30. The molecular formula is C86H49B2F12N5S. The Morgan fingerprint density at radius 3 is 1.18 bits per heavy atom. The molecule has 0 amide bonds. The van der Waals surface area contributed by atoms with Gasteiger partial charge in [0.05, 0.1) is 22.5 Å². The van der Waals surface area contributed by atoms with Crippen molar-refractivity contribution in [1.82, 2.24) is 0 Å². The van der Waals surface area contributed by atoms with Crippen LogP contribution in [0.5, 0.6) is 0 Å². The van der Waals surface area contributed by atoms with Crippen LogP contribution in [0, 0.1) is 34.9 Å². The minimum Gasteiger partial charge on any atom is -0.311 e. The molecular weight excluding hydrogens is 1380 g/mol. The number of hydrogen-bond donors (Lipinski definition) is 0. The van der Waals surface area contributed by atoms with Crippen molar-refractivity contribution in [2.45, 2.75) is 22.1 Å². The molecule has 0 fully saturated rings. The second-order valence-electron chi connectivity index (χ2n) is 26.1. The molecule has 514 valence electrons. The maximum Gasteiger partial charge on any atom is 0.419 e. The van der Waals surface area contributed by atoms with E-state index in [2.05, 4.69) is 0 Å². The first-order chi connectivity index (χ1) is 51.4. The number of alkyl halides is 6. The smallest absolute Gasteiger partial charge is 0.311 e. The molecule has 0 aliphatic carbocycles. The molecule has 14 aromatic rings. The number of para-hydroxylation sites is 6. The summed E-state index contributed by atoms with van der Waals surface area (Å²) in [6, 6.07) is 77.2. The predicted octanol–water partition coefficient (Wildman–Crippen LogP) is 21.7. The van der Waals surface area contributed by atoms with Gasteiger partial charge in [-0.1, -0.05) is 181 Å². The molecule has 5 nitrogen and oxygen atoms in total. The van der Waals surface area contributed by atoms with E-state index in [0.29, 0.717) is 28.0 Å². The third-order valence-electron chi connectivity index (χ3n) is 20.1. The van der Waals surface area contributed by atoms with Crippen LogP contribution < -0.4 is 57.3 Å². The first-order valence-corrected chi connectivity index (χ1v) is 34.5. The molecule has 20 heteroatoms. The fraction of sp³-hybridized carbons (Fsp3) is 0.0233. The highest BCUT2D eigenvalue weighted by Crippen LogP contribution is 2.56. The standard InChI is InChI=1S/C86H49B2F12N5S/c89-65-25-14-26-66(90)81(65)102(55-21-8-3-9-22-55)59-45-73-78-74(46-59)104(82-67(91)27-15-28-68(82)92)71-31-12-10-23-61(71)87(78)63-49-64-84(77(86(98,99)100)80(63)103(73)58-43-37-54(38-44-58)85(95,96)97)106-76-48-60(47-75-79(76)88(64)62-24-11-13-32-72(62)105(75)83-69(93)29-16-30-70(83)94)101(56-39-33-52(34-40-56)50-17-4-1-5-18-50)57-41-35-53(36-42-57)51-19-6-2-7-20-51/h1-49H. The molecule has 4 aliphatic rings. The second kappa shape index (κ2) is 25.3. The van der Waals surface area contributed by atoms with Gasteiger partial charge in [0.15, 0.2) is 0 Å². The van der Waals surface area contributed by atoms with Crippen LogP contribution in [0.1, 0.15) is 11.1 Å². The van der Waals surface area contributed by atoms with Crippen molar-refractivity contribution in [2.75, 3.05) is 24.5 Å². The summed E-state index contributed by atoms with van der Waals surface area (Å²) in [4.78, 5) is 6.90. The first kappa shape index (κ1) is 65.7. The molecule has 4 heterocycles. The van der Waals surface area contributed by atoms with Gasteiger partial charge in [-0.15, -0.1) is 0 Å². The van der Waals surface area contributed by atoms with Gasteiger partial charge in [-0.25, -0.2) is 26.3 Å². The average Bonchev–Trinajstić information content (AvgIpc) is 0.679. The van der Waals surface area contributed by atoms with E-state index in [4.69, 9.17) is 0 Å². The number of hydrogen-bond acceptors (Lipinski definition) is 6. The Morgan fingerprint density at radius 1 is 0.292 bits per heavy atom. The van der Waals surface area contributed by atoms with E-state index in [1.54, 1.807) is 84.9 Å². The van der Waals surface area contributed by atoms with Crippen molar-refractivity contribution in [3.8, 4) is 22.3 Å². The molecule has 0 spiro atoms. The van der Waals surface area contributed by atoms with Gasteiger partial charge in [0.1, 0.15) is 52.0 Å². The van der Waals surface area contributed by atoms with E-state index >= 15 is 39.5 Å². The molecule has 0 atom stereocenters. The quantitative estimate of drug-likeness (QED) is 0.0941. The summed E-state index contributed by atoms with van der Waals surface area (Å²) in [7, 11) is 0. The van der Waals surface area contributed by atoms with Crippen molar-refractivity contribution in [3.63, 3.8) is 0 Å². The minimum atomic E-state index is -5.39. The van der Waals surface area contributed by atoms with E-state index in [1.807, 2.05) is 114 Å². The molecule has 106 heavy (non-hydrogen) atoms. The maximum absolute atomic E-state index is 18.2. The lowest BCUT2D eigenvalue weighted by Crippen LogP contribution is -2.65. The van der Waals surface area contributed by atoms with Crippen molar-refractivity contribution >= 4 is 143 Å². The van der Waals surface area contributed by atoms with E-state index in [1.165, 1.54) is 49.9 Å². The molecule has 18 rings (SSSR count). The number of benzene rings is 14. The third-order valence-corrected chi connectivity index (χ3v) is 21.3.